The Morgan fingerprint density at radius 3 is 2.55 bits per heavy atom. The lowest BCUT2D eigenvalue weighted by atomic mass is 10.1. The average molecular weight is 582 g/mol. The molecule has 6 rings (SSSR count). The number of aliphatic hydroxyl groups excluding tert-OH is 1. The van der Waals surface area contributed by atoms with Gasteiger partial charge in [-0.25, -0.2) is 14.4 Å². The molecular formula is C31H28FN7O2S. The first kappa shape index (κ1) is 27.5. The highest BCUT2D eigenvalue weighted by Crippen LogP contribution is 2.37. The second-order valence-electron chi connectivity index (χ2n) is 10.4. The normalized spacial score (nSPS) is 13.3. The number of amides is 1. The number of anilines is 2. The van der Waals surface area contributed by atoms with Gasteiger partial charge in [-0.15, -0.1) is 0 Å². The quantitative estimate of drug-likeness (QED) is 0.291. The number of hydrogen-bond donors (Lipinski definition) is 1. The topological polar surface area (TPSA) is 111 Å². The zero-order chi connectivity index (χ0) is 29.5. The van der Waals surface area contributed by atoms with Gasteiger partial charge in [0, 0.05) is 49.2 Å². The summed E-state index contributed by atoms with van der Waals surface area (Å²) in [5.41, 5.74) is 5.59. The van der Waals surface area contributed by atoms with Crippen LogP contribution >= 0.6 is 11.3 Å². The minimum atomic E-state index is -0.560. The lowest BCUT2D eigenvalue weighted by Gasteiger charge is -2.35. The summed E-state index contributed by atoms with van der Waals surface area (Å²) in [5, 5.41) is 19.9. The van der Waals surface area contributed by atoms with Crippen molar-refractivity contribution in [1.29, 1.82) is 5.26 Å². The van der Waals surface area contributed by atoms with Crippen LogP contribution in [0.5, 0.6) is 0 Å². The Bertz CT molecular complexity index is 1850. The number of likely N-dealkylation sites (tertiary alicyclic amines) is 1. The molecule has 4 aromatic heterocycles. The number of rotatable bonds is 7. The molecule has 1 saturated heterocycles. The maximum Gasteiger partial charge on any atom is 0.228 e. The highest BCUT2D eigenvalue weighted by molar-refractivity contribution is 7.16. The summed E-state index contributed by atoms with van der Waals surface area (Å²) in [6.45, 7) is 4.58. The first-order chi connectivity index (χ1) is 20.2. The maximum atomic E-state index is 15.1. The number of aromatic nitrogens is 4. The van der Waals surface area contributed by atoms with Gasteiger partial charge in [-0.1, -0.05) is 48.1 Å². The Hall–Kier alpha value is -4.66. The van der Waals surface area contributed by atoms with E-state index in [1.54, 1.807) is 6.20 Å². The van der Waals surface area contributed by atoms with Gasteiger partial charge in [0.05, 0.1) is 23.9 Å². The molecule has 1 N–H and O–H groups in total. The van der Waals surface area contributed by atoms with Crippen molar-refractivity contribution in [3.05, 3.63) is 82.5 Å². The first-order valence-electron chi connectivity index (χ1n) is 13.6. The summed E-state index contributed by atoms with van der Waals surface area (Å²) in [4.78, 5) is 30.2. The number of nitrogens with zero attached hydrogens (tertiary/aromatic N) is 7. The van der Waals surface area contributed by atoms with Crippen LogP contribution in [0.3, 0.4) is 0 Å². The monoisotopic (exact) mass is 581 g/mol. The number of benzene rings is 1. The highest BCUT2D eigenvalue weighted by atomic mass is 32.1. The van der Waals surface area contributed by atoms with E-state index in [2.05, 4.69) is 11.1 Å². The molecule has 42 heavy (non-hydrogen) atoms. The van der Waals surface area contributed by atoms with Crippen LogP contribution in [-0.4, -0.2) is 61.5 Å². The Morgan fingerprint density at radius 2 is 1.88 bits per heavy atom. The van der Waals surface area contributed by atoms with E-state index < -0.39 is 11.9 Å². The van der Waals surface area contributed by atoms with Crippen molar-refractivity contribution in [3.8, 4) is 28.5 Å². The fourth-order valence-corrected chi connectivity index (χ4v) is 5.89. The van der Waals surface area contributed by atoms with Crippen LogP contribution in [0.1, 0.15) is 28.8 Å². The first-order valence-corrected chi connectivity index (χ1v) is 14.4. The van der Waals surface area contributed by atoms with Crippen LogP contribution in [0, 0.1) is 24.1 Å². The molecule has 0 unspecified atom stereocenters. The number of carbonyl (C=O) groups excluding carboxylic acids is 1. The zero-order valence-corrected chi connectivity index (χ0v) is 24.2. The SMILES string of the molecule is CCc1nc2ccc(-c3cnc(CC(=O)N4CC(O)C4)c(F)c3)cn2c1N(C)c1nc(-c2ccc(C)cc2)c(C#N)s1. The van der Waals surface area contributed by atoms with Gasteiger partial charge in [-0.2, -0.15) is 5.26 Å². The molecule has 0 atom stereocenters. The third-order valence-corrected chi connectivity index (χ3v) is 8.47. The predicted molar refractivity (Wildman–Crippen MR) is 159 cm³/mol. The third-order valence-electron chi connectivity index (χ3n) is 7.43. The fourth-order valence-electron chi connectivity index (χ4n) is 5.04. The summed E-state index contributed by atoms with van der Waals surface area (Å²) in [7, 11) is 1.90. The number of nitriles is 1. The lowest BCUT2D eigenvalue weighted by Crippen LogP contribution is -2.54. The molecule has 0 bridgehead atoms. The Kier molecular flexibility index (Phi) is 7.18. The molecular weight excluding hydrogens is 553 g/mol. The Morgan fingerprint density at radius 1 is 1.14 bits per heavy atom. The van der Waals surface area contributed by atoms with Gasteiger partial charge in [0.2, 0.25) is 5.91 Å². The number of carbonyl (C=O) groups is 1. The molecule has 1 fully saturated rings. The van der Waals surface area contributed by atoms with Crippen LogP contribution in [0.4, 0.5) is 15.3 Å². The molecule has 0 radical (unpaired) electrons. The van der Waals surface area contributed by atoms with Crippen molar-refractivity contribution < 1.29 is 14.3 Å². The number of fused-ring (bicyclic) bond motifs is 1. The minimum Gasteiger partial charge on any atom is -0.389 e. The number of pyridine rings is 2. The number of hydrogen-bond acceptors (Lipinski definition) is 8. The van der Waals surface area contributed by atoms with Crippen molar-refractivity contribution in [2.24, 2.45) is 0 Å². The van der Waals surface area contributed by atoms with Gasteiger partial charge in [-0.3, -0.25) is 14.2 Å². The van der Waals surface area contributed by atoms with Gasteiger partial charge < -0.3 is 14.9 Å². The fraction of sp³-hybridized carbons (Fsp3) is 0.258. The highest BCUT2D eigenvalue weighted by Gasteiger charge is 2.29. The summed E-state index contributed by atoms with van der Waals surface area (Å²) in [6, 6.07) is 15.3. The van der Waals surface area contributed by atoms with Crippen molar-refractivity contribution in [2.75, 3.05) is 25.0 Å². The van der Waals surface area contributed by atoms with Crippen LogP contribution in [0.15, 0.2) is 54.9 Å². The number of imidazole rings is 1. The molecule has 0 aliphatic carbocycles. The number of β-amino-alcohol motifs (C(OH)–C–C–N with tert-alkyl or cyclic N) is 1. The molecule has 1 aromatic carbocycles. The van der Waals surface area contributed by atoms with Gasteiger partial charge in [0.25, 0.3) is 0 Å². The third kappa shape index (κ3) is 5.00. The molecule has 9 nitrogen and oxygen atoms in total. The zero-order valence-electron chi connectivity index (χ0n) is 23.4. The van der Waals surface area contributed by atoms with Crippen LogP contribution in [-0.2, 0) is 17.6 Å². The van der Waals surface area contributed by atoms with E-state index in [0.29, 0.717) is 27.7 Å². The summed E-state index contributed by atoms with van der Waals surface area (Å²) >= 11 is 1.32. The molecule has 212 valence electrons. The largest absolute Gasteiger partial charge is 0.389 e. The molecule has 0 saturated carbocycles. The molecule has 11 heteroatoms. The van der Waals surface area contributed by atoms with Crippen molar-refractivity contribution in [1.82, 2.24) is 24.3 Å². The van der Waals surface area contributed by atoms with E-state index >= 15 is 4.39 Å². The lowest BCUT2D eigenvalue weighted by molar-refractivity contribution is -0.140. The minimum absolute atomic E-state index is 0.0731. The Labute approximate surface area is 246 Å². The van der Waals surface area contributed by atoms with Crippen LogP contribution in [0.2, 0.25) is 0 Å². The number of aliphatic hydroxyl groups is 1. The van der Waals surface area contributed by atoms with E-state index in [9.17, 15) is 15.2 Å². The maximum absolute atomic E-state index is 15.1. The summed E-state index contributed by atoms with van der Waals surface area (Å²) in [5.74, 6) is -0.0172. The van der Waals surface area contributed by atoms with Crippen LogP contribution in [0.25, 0.3) is 28.0 Å². The van der Waals surface area contributed by atoms with Crippen LogP contribution < -0.4 is 4.90 Å². The Balaban J connectivity index is 1.34. The molecule has 5 heterocycles. The van der Waals surface area contributed by atoms with E-state index in [1.807, 2.05) is 72.8 Å². The predicted octanol–water partition coefficient (Wildman–Crippen LogP) is 4.91. The molecule has 5 aromatic rings. The molecule has 1 amide bonds. The molecule has 0 spiro atoms. The van der Waals surface area contributed by atoms with Gasteiger partial charge in [0.15, 0.2) is 5.13 Å². The van der Waals surface area contributed by atoms with E-state index in [4.69, 9.17) is 9.97 Å². The molecule has 1 aliphatic heterocycles. The summed E-state index contributed by atoms with van der Waals surface area (Å²) < 4.78 is 17.0. The number of aryl methyl sites for hydroxylation is 2. The average Bonchev–Trinajstić information content (AvgIpc) is 3.58. The number of halogens is 1. The van der Waals surface area contributed by atoms with E-state index in [-0.39, 0.29) is 31.1 Å². The standard InChI is InChI=1S/C31H28FN7O2S/c1-4-24-30(37(3)31-36-29(26(13-33)42-31)19-7-5-18(2)6-8-19)39-15-20(9-10-27(39)35-24)21-11-23(32)25(34-14-21)12-28(41)38-16-22(40)17-38/h5-11,14-15,22,40H,4,12,16-17H2,1-3H3. The van der Waals surface area contributed by atoms with Gasteiger partial charge in [-0.05, 0) is 31.5 Å². The van der Waals surface area contributed by atoms with E-state index in [0.717, 1.165) is 33.8 Å². The number of thiazole rings is 1. The second kappa shape index (κ2) is 11.0. The summed E-state index contributed by atoms with van der Waals surface area (Å²) in [6.07, 6.45) is 3.45. The second-order valence-corrected chi connectivity index (χ2v) is 11.4. The van der Waals surface area contributed by atoms with Crippen molar-refractivity contribution >= 4 is 33.8 Å². The van der Waals surface area contributed by atoms with E-state index in [1.165, 1.54) is 22.3 Å². The van der Waals surface area contributed by atoms with Gasteiger partial charge in [0.1, 0.15) is 33.9 Å². The molecule has 1 aliphatic rings. The smallest absolute Gasteiger partial charge is 0.228 e. The van der Waals surface area contributed by atoms with Crippen molar-refractivity contribution in [2.45, 2.75) is 32.8 Å². The van der Waals surface area contributed by atoms with Gasteiger partial charge >= 0.3 is 0 Å². The van der Waals surface area contributed by atoms with Crippen molar-refractivity contribution in [3.63, 3.8) is 0 Å².